The Morgan fingerprint density at radius 2 is 0.842 bits per heavy atom. The normalized spacial score (nSPS) is 15.9. The predicted molar refractivity (Wildman–Crippen MR) is 145 cm³/mol. The summed E-state index contributed by atoms with van der Waals surface area (Å²) in [4.78, 5) is 0. The molecule has 0 radical (unpaired) electrons. The molecule has 1 heterocycles. The molecule has 11 heteroatoms. The van der Waals surface area contributed by atoms with E-state index in [2.05, 4.69) is 0 Å². The maximum atomic E-state index is 5.65. The van der Waals surface area contributed by atoms with Crippen molar-refractivity contribution >= 4 is 11.6 Å². The van der Waals surface area contributed by atoms with Crippen LogP contribution in [0.4, 0.5) is 0 Å². The first-order valence-electron chi connectivity index (χ1n) is 14.3. The van der Waals surface area contributed by atoms with E-state index in [4.69, 9.17) is 59.0 Å². The molecule has 1 rings (SSSR count). The van der Waals surface area contributed by atoms with Gasteiger partial charge in [0.2, 0.25) is 0 Å². The van der Waals surface area contributed by atoms with Gasteiger partial charge in [-0.05, 0) is 32.1 Å². The van der Waals surface area contributed by atoms with Crippen molar-refractivity contribution in [1.29, 1.82) is 0 Å². The molecule has 1 aliphatic rings. The van der Waals surface area contributed by atoms with Crippen LogP contribution >= 0.6 is 11.6 Å². The molecule has 228 valence electrons. The molecule has 0 aromatic rings. The monoisotopic (exact) mass is 572 g/mol. The molecule has 0 saturated carbocycles. The van der Waals surface area contributed by atoms with Crippen molar-refractivity contribution in [2.75, 3.05) is 125 Å². The zero-order chi connectivity index (χ0) is 27.0. The standard InChI is InChI=1S/C27H53ClO10/c28-8-4-1-2-5-9-29-11-12-30-13-14-31-15-16-32-17-18-33-19-20-34-21-22-35-23-24-36-25-26-38-27-7-3-6-10-37-27/h27H,1-26H2. The highest BCUT2D eigenvalue weighted by Crippen LogP contribution is 2.13. The second-order valence-corrected chi connectivity index (χ2v) is 9.05. The van der Waals surface area contributed by atoms with Crippen molar-refractivity contribution < 1.29 is 47.4 Å². The molecule has 1 fully saturated rings. The number of alkyl halides is 1. The Balaban J connectivity index is 1.61. The number of hydrogen-bond acceptors (Lipinski definition) is 10. The fourth-order valence-corrected chi connectivity index (χ4v) is 3.56. The third-order valence-electron chi connectivity index (χ3n) is 5.45. The van der Waals surface area contributed by atoms with Crippen LogP contribution in [-0.4, -0.2) is 131 Å². The fraction of sp³-hybridized carbons (Fsp3) is 1.00. The summed E-state index contributed by atoms with van der Waals surface area (Å²) in [5.41, 5.74) is 0. The SMILES string of the molecule is ClCCCCCCOCCOCCOCCOCCOCCOCCOCCOCCOC1CCCCO1. The Hall–Kier alpha value is -0.110. The van der Waals surface area contributed by atoms with Gasteiger partial charge in [-0.25, -0.2) is 0 Å². The van der Waals surface area contributed by atoms with Crippen molar-refractivity contribution in [3.05, 3.63) is 0 Å². The van der Waals surface area contributed by atoms with E-state index in [0.29, 0.717) is 106 Å². The summed E-state index contributed by atoms with van der Waals surface area (Å²) >= 11 is 5.65. The zero-order valence-electron chi connectivity index (χ0n) is 23.4. The third kappa shape index (κ3) is 27.5. The molecule has 38 heavy (non-hydrogen) atoms. The van der Waals surface area contributed by atoms with E-state index in [0.717, 1.165) is 44.8 Å². The van der Waals surface area contributed by atoms with Crippen molar-refractivity contribution in [2.45, 2.75) is 51.2 Å². The lowest BCUT2D eigenvalue weighted by atomic mass is 10.2. The minimum absolute atomic E-state index is 0.0590. The van der Waals surface area contributed by atoms with Crippen LogP contribution < -0.4 is 0 Å². The van der Waals surface area contributed by atoms with Gasteiger partial charge in [-0.15, -0.1) is 11.6 Å². The second-order valence-electron chi connectivity index (χ2n) is 8.67. The molecule has 1 atom stereocenters. The molecule has 0 spiro atoms. The van der Waals surface area contributed by atoms with Gasteiger partial charge < -0.3 is 47.4 Å². The van der Waals surface area contributed by atoms with Gasteiger partial charge >= 0.3 is 0 Å². The van der Waals surface area contributed by atoms with Crippen molar-refractivity contribution in [2.24, 2.45) is 0 Å². The highest BCUT2D eigenvalue weighted by atomic mass is 35.5. The van der Waals surface area contributed by atoms with Gasteiger partial charge in [0.05, 0.1) is 106 Å². The van der Waals surface area contributed by atoms with Crippen LogP contribution in [0.3, 0.4) is 0 Å². The molecule has 0 amide bonds. The van der Waals surface area contributed by atoms with Gasteiger partial charge in [0.25, 0.3) is 0 Å². The zero-order valence-corrected chi connectivity index (χ0v) is 24.2. The number of rotatable bonds is 31. The Labute approximate surface area is 235 Å². The van der Waals surface area contributed by atoms with Crippen molar-refractivity contribution in [1.82, 2.24) is 0 Å². The lowest BCUT2D eigenvalue weighted by molar-refractivity contribution is -0.169. The number of halogens is 1. The second kappa shape index (κ2) is 31.4. The van der Waals surface area contributed by atoms with Crippen LogP contribution in [0, 0.1) is 0 Å². The molecule has 0 aromatic heterocycles. The van der Waals surface area contributed by atoms with E-state index in [-0.39, 0.29) is 6.29 Å². The van der Waals surface area contributed by atoms with Crippen molar-refractivity contribution in [3.63, 3.8) is 0 Å². The maximum absolute atomic E-state index is 5.65. The molecular formula is C27H53ClO10. The highest BCUT2D eigenvalue weighted by molar-refractivity contribution is 6.17. The number of unbranched alkanes of at least 4 members (excludes halogenated alkanes) is 3. The molecule has 0 aliphatic carbocycles. The van der Waals surface area contributed by atoms with Gasteiger partial charge in [0, 0.05) is 19.1 Å². The summed E-state index contributed by atoms with van der Waals surface area (Å²) in [6.45, 7) is 10.4. The van der Waals surface area contributed by atoms with Crippen LogP contribution in [0.2, 0.25) is 0 Å². The topological polar surface area (TPSA) is 92.3 Å². The van der Waals surface area contributed by atoms with Crippen molar-refractivity contribution in [3.8, 4) is 0 Å². The first-order chi connectivity index (χ1) is 18.9. The highest BCUT2D eigenvalue weighted by Gasteiger charge is 2.13. The van der Waals surface area contributed by atoms with E-state index in [1.807, 2.05) is 0 Å². The van der Waals surface area contributed by atoms with E-state index in [1.165, 1.54) is 19.3 Å². The average Bonchev–Trinajstić information content (AvgIpc) is 2.94. The predicted octanol–water partition coefficient (Wildman–Crippen LogP) is 3.46. The van der Waals surface area contributed by atoms with Gasteiger partial charge in [-0.3, -0.25) is 0 Å². The molecular weight excluding hydrogens is 520 g/mol. The summed E-state index contributed by atoms with van der Waals surface area (Å²) in [7, 11) is 0. The van der Waals surface area contributed by atoms with Crippen LogP contribution in [0.1, 0.15) is 44.9 Å². The quantitative estimate of drug-likeness (QED) is 0.0908. The van der Waals surface area contributed by atoms with Gasteiger partial charge in [0.1, 0.15) is 0 Å². The fourth-order valence-electron chi connectivity index (χ4n) is 3.37. The molecule has 0 bridgehead atoms. The average molecular weight is 573 g/mol. The smallest absolute Gasteiger partial charge is 0.157 e. The summed E-state index contributed by atoms with van der Waals surface area (Å²) < 4.78 is 54.9. The van der Waals surface area contributed by atoms with E-state index in [9.17, 15) is 0 Å². The molecule has 1 saturated heterocycles. The van der Waals surface area contributed by atoms with E-state index in [1.54, 1.807) is 0 Å². The van der Waals surface area contributed by atoms with Gasteiger partial charge in [-0.1, -0.05) is 12.8 Å². The van der Waals surface area contributed by atoms with Crippen LogP contribution in [-0.2, 0) is 47.4 Å². The minimum atomic E-state index is -0.0590. The number of hydrogen-bond donors (Lipinski definition) is 0. The summed E-state index contributed by atoms with van der Waals surface area (Å²) in [6, 6.07) is 0. The lowest BCUT2D eigenvalue weighted by Crippen LogP contribution is -2.24. The largest absolute Gasteiger partial charge is 0.379 e. The first kappa shape index (κ1) is 35.9. The summed E-state index contributed by atoms with van der Waals surface area (Å²) in [5, 5.41) is 0. The minimum Gasteiger partial charge on any atom is -0.379 e. The molecule has 1 aliphatic heterocycles. The van der Waals surface area contributed by atoms with Gasteiger partial charge in [-0.2, -0.15) is 0 Å². The number of ether oxygens (including phenoxy) is 10. The van der Waals surface area contributed by atoms with Gasteiger partial charge in [0.15, 0.2) is 6.29 Å². The Morgan fingerprint density at radius 3 is 1.24 bits per heavy atom. The maximum Gasteiger partial charge on any atom is 0.157 e. The van der Waals surface area contributed by atoms with Crippen LogP contribution in [0.15, 0.2) is 0 Å². The van der Waals surface area contributed by atoms with Crippen LogP contribution in [0.5, 0.6) is 0 Å². The Bertz CT molecular complexity index is 444. The third-order valence-corrected chi connectivity index (χ3v) is 5.71. The molecule has 0 aromatic carbocycles. The lowest BCUT2D eigenvalue weighted by Gasteiger charge is -2.22. The summed E-state index contributed by atoms with van der Waals surface area (Å²) in [6.07, 6.45) is 7.73. The molecule has 10 nitrogen and oxygen atoms in total. The Kier molecular flexibility index (Phi) is 29.7. The van der Waals surface area contributed by atoms with E-state index >= 15 is 0 Å². The van der Waals surface area contributed by atoms with E-state index < -0.39 is 0 Å². The summed E-state index contributed by atoms with van der Waals surface area (Å²) in [5.74, 6) is 0.748. The molecule has 1 unspecified atom stereocenters. The van der Waals surface area contributed by atoms with Crippen LogP contribution in [0.25, 0.3) is 0 Å². The Morgan fingerprint density at radius 1 is 0.447 bits per heavy atom. The first-order valence-corrected chi connectivity index (χ1v) is 14.9. The molecule has 0 N–H and O–H groups in total.